The van der Waals surface area contributed by atoms with Crippen LogP contribution in [0.2, 0.25) is 0 Å². The molecular weight excluding hydrogens is 284 g/mol. The molecule has 3 nitrogen and oxygen atoms in total. The summed E-state index contributed by atoms with van der Waals surface area (Å²) in [5.41, 5.74) is 3.44. The van der Waals surface area contributed by atoms with Crippen LogP contribution >= 0.6 is 0 Å². The number of allylic oxidation sites excluding steroid dienone is 1. The van der Waals surface area contributed by atoms with Crippen LogP contribution in [-0.4, -0.2) is 16.2 Å². The molecular formula is C20H20N2O. The van der Waals surface area contributed by atoms with Gasteiger partial charge >= 0.3 is 0 Å². The predicted molar refractivity (Wildman–Crippen MR) is 93.1 cm³/mol. The average molecular weight is 304 g/mol. The van der Waals surface area contributed by atoms with Crippen molar-refractivity contribution in [3.05, 3.63) is 72.1 Å². The standard InChI is InChI=1S/C20H20N2O/c1-2-8-16(9-3-1)10-6-14-22-18-12-5-4-11-17(18)21-20(22)19-13-7-15-23-19/h1-6,8-12,19H,7,13-15H2/b10-6+. The minimum atomic E-state index is 0.132. The number of ether oxygens (including phenoxy) is 1. The maximum atomic E-state index is 5.87. The van der Waals surface area contributed by atoms with Gasteiger partial charge in [-0.1, -0.05) is 54.6 Å². The Kier molecular flexibility index (Phi) is 3.95. The fraction of sp³-hybridized carbons (Fsp3) is 0.250. The van der Waals surface area contributed by atoms with Gasteiger partial charge in [-0.25, -0.2) is 4.98 Å². The van der Waals surface area contributed by atoms with Crippen LogP contribution in [-0.2, 0) is 11.3 Å². The smallest absolute Gasteiger partial charge is 0.139 e. The number of para-hydroxylation sites is 2. The highest BCUT2D eigenvalue weighted by Gasteiger charge is 2.23. The fourth-order valence-electron chi connectivity index (χ4n) is 3.17. The molecule has 2 heterocycles. The van der Waals surface area contributed by atoms with Crippen LogP contribution < -0.4 is 0 Å². The van der Waals surface area contributed by atoms with E-state index < -0.39 is 0 Å². The van der Waals surface area contributed by atoms with Crippen LogP contribution in [0.15, 0.2) is 60.7 Å². The van der Waals surface area contributed by atoms with Crippen LogP contribution in [0.1, 0.15) is 30.3 Å². The van der Waals surface area contributed by atoms with Gasteiger partial charge in [0, 0.05) is 13.2 Å². The Morgan fingerprint density at radius 1 is 1.09 bits per heavy atom. The number of benzene rings is 2. The molecule has 116 valence electrons. The highest BCUT2D eigenvalue weighted by atomic mass is 16.5. The number of nitrogens with zero attached hydrogens (tertiary/aromatic N) is 2. The summed E-state index contributed by atoms with van der Waals surface area (Å²) in [6.45, 7) is 1.65. The lowest BCUT2D eigenvalue weighted by Gasteiger charge is -2.11. The molecule has 0 aliphatic carbocycles. The Morgan fingerprint density at radius 3 is 2.74 bits per heavy atom. The van der Waals surface area contributed by atoms with Gasteiger partial charge in [-0.15, -0.1) is 0 Å². The van der Waals surface area contributed by atoms with Gasteiger partial charge in [0.05, 0.1) is 11.0 Å². The number of aromatic nitrogens is 2. The van der Waals surface area contributed by atoms with Crippen molar-refractivity contribution in [2.45, 2.75) is 25.5 Å². The van der Waals surface area contributed by atoms with Crippen molar-refractivity contribution in [2.24, 2.45) is 0 Å². The van der Waals surface area contributed by atoms with E-state index in [1.54, 1.807) is 0 Å². The molecule has 1 aliphatic heterocycles. The molecule has 3 heteroatoms. The molecule has 2 aromatic carbocycles. The highest BCUT2D eigenvalue weighted by molar-refractivity contribution is 5.76. The highest BCUT2D eigenvalue weighted by Crippen LogP contribution is 2.30. The predicted octanol–water partition coefficient (Wildman–Crippen LogP) is 4.60. The molecule has 1 unspecified atom stereocenters. The number of hydrogen-bond donors (Lipinski definition) is 0. The summed E-state index contributed by atoms with van der Waals surface area (Å²) in [6, 6.07) is 18.7. The van der Waals surface area contributed by atoms with Gasteiger partial charge in [-0.2, -0.15) is 0 Å². The van der Waals surface area contributed by atoms with Crippen molar-refractivity contribution in [2.75, 3.05) is 6.61 Å². The first-order chi connectivity index (χ1) is 11.4. The van der Waals surface area contributed by atoms with E-state index in [2.05, 4.69) is 59.2 Å². The topological polar surface area (TPSA) is 27.1 Å². The molecule has 0 radical (unpaired) electrons. The Morgan fingerprint density at radius 2 is 1.91 bits per heavy atom. The van der Waals surface area contributed by atoms with Gasteiger partial charge in [-0.05, 0) is 30.5 Å². The molecule has 1 aromatic heterocycles. The van der Waals surface area contributed by atoms with Crippen LogP contribution in [0.3, 0.4) is 0 Å². The molecule has 0 amide bonds. The maximum Gasteiger partial charge on any atom is 0.139 e. The van der Waals surface area contributed by atoms with E-state index in [1.165, 1.54) is 11.1 Å². The zero-order valence-electron chi connectivity index (χ0n) is 13.1. The Hall–Kier alpha value is -2.39. The van der Waals surface area contributed by atoms with Crippen molar-refractivity contribution in [3.8, 4) is 0 Å². The minimum Gasteiger partial charge on any atom is -0.370 e. The van der Waals surface area contributed by atoms with Crippen LogP contribution in [0, 0.1) is 0 Å². The van der Waals surface area contributed by atoms with E-state index in [4.69, 9.17) is 9.72 Å². The zero-order valence-corrected chi connectivity index (χ0v) is 13.1. The molecule has 0 saturated carbocycles. The number of fused-ring (bicyclic) bond motifs is 1. The van der Waals surface area contributed by atoms with E-state index in [1.807, 2.05) is 12.1 Å². The van der Waals surface area contributed by atoms with Gasteiger partial charge < -0.3 is 9.30 Å². The van der Waals surface area contributed by atoms with Gasteiger partial charge in [-0.3, -0.25) is 0 Å². The molecule has 0 spiro atoms. The first-order valence-corrected chi connectivity index (χ1v) is 8.20. The van der Waals surface area contributed by atoms with Crippen molar-refractivity contribution in [3.63, 3.8) is 0 Å². The number of rotatable bonds is 4. The summed E-state index contributed by atoms with van der Waals surface area (Å²) in [7, 11) is 0. The quantitative estimate of drug-likeness (QED) is 0.704. The lowest BCUT2D eigenvalue weighted by molar-refractivity contribution is 0.103. The van der Waals surface area contributed by atoms with Crippen LogP contribution in [0.4, 0.5) is 0 Å². The Balaban J connectivity index is 1.67. The second-order valence-electron chi connectivity index (χ2n) is 5.88. The zero-order chi connectivity index (χ0) is 15.5. The van der Waals surface area contributed by atoms with E-state index in [-0.39, 0.29) is 6.10 Å². The Bertz CT molecular complexity index is 814. The van der Waals surface area contributed by atoms with Crippen molar-refractivity contribution < 1.29 is 4.74 Å². The summed E-state index contributed by atoms with van der Waals surface area (Å²) in [5, 5.41) is 0. The largest absolute Gasteiger partial charge is 0.370 e. The molecule has 23 heavy (non-hydrogen) atoms. The third-order valence-corrected chi connectivity index (χ3v) is 4.30. The fourth-order valence-corrected chi connectivity index (χ4v) is 3.17. The van der Waals surface area contributed by atoms with Crippen molar-refractivity contribution in [1.82, 2.24) is 9.55 Å². The number of hydrogen-bond acceptors (Lipinski definition) is 2. The molecule has 1 aliphatic rings. The van der Waals surface area contributed by atoms with E-state index in [9.17, 15) is 0 Å². The summed E-state index contributed by atoms with van der Waals surface area (Å²) in [5.74, 6) is 1.06. The summed E-state index contributed by atoms with van der Waals surface area (Å²) >= 11 is 0. The average Bonchev–Trinajstić information content (AvgIpc) is 3.24. The van der Waals surface area contributed by atoms with E-state index in [0.29, 0.717) is 0 Å². The van der Waals surface area contributed by atoms with Gasteiger partial charge in [0.15, 0.2) is 0 Å². The summed E-state index contributed by atoms with van der Waals surface area (Å²) < 4.78 is 8.15. The molecule has 1 saturated heterocycles. The van der Waals surface area contributed by atoms with Gasteiger partial charge in [0.2, 0.25) is 0 Å². The van der Waals surface area contributed by atoms with Crippen molar-refractivity contribution >= 4 is 17.1 Å². The van der Waals surface area contributed by atoms with E-state index >= 15 is 0 Å². The Labute approximate surface area is 136 Å². The normalized spacial score (nSPS) is 18.2. The second-order valence-corrected chi connectivity index (χ2v) is 5.88. The first-order valence-electron chi connectivity index (χ1n) is 8.20. The molecule has 1 fully saturated rings. The lowest BCUT2D eigenvalue weighted by atomic mass is 10.2. The van der Waals surface area contributed by atoms with Crippen LogP contribution in [0.25, 0.3) is 17.1 Å². The molecule has 1 atom stereocenters. The third kappa shape index (κ3) is 2.92. The van der Waals surface area contributed by atoms with Crippen LogP contribution in [0.5, 0.6) is 0 Å². The monoisotopic (exact) mass is 304 g/mol. The molecule has 0 bridgehead atoms. The molecule has 3 aromatic rings. The van der Waals surface area contributed by atoms with Gasteiger partial charge in [0.25, 0.3) is 0 Å². The lowest BCUT2D eigenvalue weighted by Crippen LogP contribution is -2.07. The SMILES string of the molecule is C(=C\c1ccccc1)/Cn1c(C2CCCO2)nc2ccccc21. The molecule has 4 rings (SSSR count). The van der Waals surface area contributed by atoms with E-state index in [0.717, 1.165) is 37.3 Å². The van der Waals surface area contributed by atoms with Gasteiger partial charge in [0.1, 0.15) is 11.9 Å². The number of imidazole rings is 1. The second kappa shape index (κ2) is 6.39. The van der Waals surface area contributed by atoms with Crippen molar-refractivity contribution in [1.29, 1.82) is 0 Å². The maximum absolute atomic E-state index is 5.87. The summed E-state index contributed by atoms with van der Waals surface area (Å²) in [4.78, 5) is 4.82. The molecule has 0 N–H and O–H groups in total. The summed E-state index contributed by atoms with van der Waals surface area (Å²) in [6.07, 6.45) is 6.67. The third-order valence-electron chi connectivity index (χ3n) is 4.30. The minimum absolute atomic E-state index is 0.132. The first kappa shape index (κ1) is 14.2.